The van der Waals surface area contributed by atoms with Crippen LogP contribution in [0.4, 0.5) is 5.69 Å². The molecule has 2 N–H and O–H groups in total. The predicted octanol–water partition coefficient (Wildman–Crippen LogP) is 4.75. The number of H-pyrrole nitrogens is 1. The molecule has 4 rings (SSSR count). The van der Waals surface area contributed by atoms with Gasteiger partial charge in [-0.2, -0.15) is 14.9 Å². The molecule has 0 aliphatic heterocycles. The van der Waals surface area contributed by atoms with Gasteiger partial charge in [-0.1, -0.05) is 42.5 Å². The van der Waals surface area contributed by atoms with Gasteiger partial charge >= 0.3 is 0 Å². The number of aromatic amines is 1. The number of carbonyl (C=O) groups excluding carboxylic acids is 1. The van der Waals surface area contributed by atoms with Crippen LogP contribution >= 0.6 is 12.2 Å². The lowest BCUT2D eigenvalue weighted by Gasteiger charge is -2.10. The van der Waals surface area contributed by atoms with E-state index in [1.54, 1.807) is 25.5 Å². The van der Waals surface area contributed by atoms with Crippen LogP contribution in [0.2, 0.25) is 0 Å². The zero-order valence-corrected chi connectivity index (χ0v) is 17.5. The summed E-state index contributed by atoms with van der Waals surface area (Å²) in [6, 6.07) is 23.9. The fraction of sp³-hybridized carbons (Fsp3) is 0.0435. The number of carbonyl (C=O) groups is 1. The van der Waals surface area contributed by atoms with Crippen LogP contribution in [0.15, 0.2) is 84.0 Å². The monoisotopic (exact) mass is 429 g/mol. The van der Waals surface area contributed by atoms with Gasteiger partial charge in [0.15, 0.2) is 5.82 Å². The quantitative estimate of drug-likeness (QED) is 0.342. The maximum absolute atomic E-state index is 12.7. The van der Waals surface area contributed by atoms with E-state index >= 15 is 0 Å². The summed E-state index contributed by atoms with van der Waals surface area (Å²) >= 11 is 5.37. The molecule has 7 nitrogen and oxygen atoms in total. The van der Waals surface area contributed by atoms with Gasteiger partial charge in [0.1, 0.15) is 5.75 Å². The third-order valence-electron chi connectivity index (χ3n) is 4.55. The maximum Gasteiger partial charge on any atom is 0.255 e. The molecular weight excluding hydrogens is 410 g/mol. The first-order valence-electron chi connectivity index (χ1n) is 9.48. The number of nitrogens with one attached hydrogen (secondary N) is 2. The topological polar surface area (TPSA) is 84.3 Å². The van der Waals surface area contributed by atoms with Crippen LogP contribution in [0.1, 0.15) is 15.9 Å². The van der Waals surface area contributed by atoms with Crippen LogP contribution in [0.25, 0.3) is 11.4 Å². The minimum atomic E-state index is -0.216. The Morgan fingerprint density at radius 1 is 1.06 bits per heavy atom. The molecule has 0 fully saturated rings. The van der Waals surface area contributed by atoms with Crippen LogP contribution < -0.4 is 10.1 Å². The van der Waals surface area contributed by atoms with Gasteiger partial charge in [-0.25, -0.2) is 5.10 Å². The number of hydrogen-bond donors (Lipinski definition) is 2. The highest BCUT2D eigenvalue weighted by Gasteiger charge is 2.15. The lowest BCUT2D eigenvalue weighted by atomic mass is 10.1. The van der Waals surface area contributed by atoms with Crippen molar-refractivity contribution < 1.29 is 9.53 Å². The summed E-state index contributed by atoms with van der Waals surface area (Å²) in [5.41, 5.74) is 2.63. The van der Waals surface area contributed by atoms with E-state index in [2.05, 4.69) is 20.6 Å². The van der Waals surface area contributed by atoms with Crippen molar-refractivity contribution >= 4 is 30.0 Å². The summed E-state index contributed by atoms with van der Waals surface area (Å²) in [6.07, 6.45) is 1.65. The van der Waals surface area contributed by atoms with Gasteiger partial charge in [-0.05, 0) is 48.6 Å². The SMILES string of the molecule is COc1ccccc1/C=N/n1c(-c2ccccc2NC(=O)c2ccccc2)n[nH]c1=S. The van der Waals surface area contributed by atoms with Gasteiger partial charge in [0.2, 0.25) is 4.77 Å². The first-order valence-corrected chi connectivity index (χ1v) is 9.89. The van der Waals surface area contributed by atoms with Crippen molar-refractivity contribution in [1.29, 1.82) is 0 Å². The van der Waals surface area contributed by atoms with Gasteiger partial charge in [-0.3, -0.25) is 4.79 Å². The predicted molar refractivity (Wildman–Crippen MR) is 123 cm³/mol. The zero-order chi connectivity index (χ0) is 21.6. The van der Waals surface area contributed by atoms with Crippen molar-refractivity contribution in [1.82, 2.24) is 14.9 Å². The molecule has 0 saturated heterocycles. The first kappa shape index (κ1) is 20.2. The molecule has 0 radical (unpaired) electrons. The summed E-state index contributed by atoms with van der Waals surface area (Å²) < 4.78 is 7.20. The normalized spacial score (nSPS) is 10.9. The van der Waals surface area contributed by atoms with Gasteiger partial charge in [0.25, 0.3) is 5.91 Å². The van der Waals surface area contributed by atoms with Crippen LogP contribution in [0.5, 0.6) is 5.75 Å². The van der Waals surface area contributed by atoms with Gasteiger partial charge in [0, 0.05) is 16.7 Å². The average molecular weight is 430 g/mol. The molecule has 0 saturated carbocycles. The highest BCUT2D eigenvalue weighted by atomic mass is 32.1. The smallest absolute Gasteiger partial charge is 0.255 e. The highest BCUT2D eigenvalue weighted by molar-refractivity contribution is 7.71. The second-order valence-electron chi connectivity index (χ2n) is 6.52. The Morgan fingerprint density at radius 3 is 2.58 bits per heavy atom. The van der Waals surface area contributed by atoms with Crippen molar-refractivity contribution in [2.24, 2.45) is 5.10 Å². The van der Waals surface area contributed by atoms with Crippen LogP contribution in [0.3, 0.4) is 0 Å². The van der Waals surface area contributed by atoms with Gasteiger partial charge in [0.05, 0.1) is 19.0 Å². The minimum absolute atomic E-state index is 0.216. The van der Waals surface area contributed by atoms with E-state index in [0.717, 1.165) is 5.56 Å². The number of amides is 1. The fourth-order valence-corrected chi connectivity index (χ4v) is 3.22. The molecule has 0 aliphatic carbocycles. The summed E-state index contributed by atoms with van der Waals surface area (Å²) in [5.74, 6) is 0.949. The van der Waals surface area contributed by atoms with Crippen molar-refractivity contribution in [3.05, 3.63) is 94.8 Å². The lowest BCUT2D eigenvalue weighted by Crippen LogP contribution is -2.12. The van der Waals surface area contributed by atoms with E-state index in [9.17, 15) is 4.79 Å². The Hall–Kier alpha value is -4.04. The number of anilines is 1. The van der Waals surface area contributed by atoms with E-state index in [0.29, 0.717) is 33.2 Å². The summed E-state index contributed by atoms with van der Waals surface area (Å²) in [5, 5.41) is 14.5. The highest BCUT2D eigenvalue weighted by Crippen LogP contribution is 2.27. The van der Waals surface area contributed by atoms with Crippen molar-refractivity contribution in [2.75, 3.05) is 12.4 Å². The Balaban J connectivity index is 1.70. The molecule has 0 bridgehead atoms. The molecule has 4 aromatic rings. The second-order valence-corrected chi connectivity index (χ2v) is 6.90. The Morgan fingerprint density at radius 2 is 1.77 bits per heavy atom. The number of nitrogens with zero attached hydrogens (tertiary/aromatic N) is 3. The summed E-state index contributed by atoms with van der Waals surface area (Å²) in [7, 11) is 1.60. The van der Waals surface area contributed by atoms with E-state index in [4.69, 9.17) is 17.0 Å². The van der Waals surface area contributed by atoms with Crippen molar-refractivity contribution in [3.8, 4) is 17.1 Å². The summed E-state index contributed by atoms with van der Waals surface area (Å²) in [4.78, 5) is 12.7. The molecule has 0 unspecified atom stereocenters. The third kappa shape index (κ3) is 4.44. The lowest BCUT2D eigenvalue weighted by molar-refractivity contribution is 0.102. The zero-order valence-electron chi connectivity index (χ0n) is 16.6. The van der Waals surface area contributed by atoms with E-state index in [-0.39, 0.29) is 5.91 Å². The largest absolute Gasteiger partial charge is 0.496 e. The Kier molecular flexibility index (Phi) is 6.00. The standard InChI is InChI=1S/C23H19N5O2S/c1-30-20-14-8-5-11-17(20)15-24-28-21(26-27-23(28)31)18-12-6-7-13-19(18)25-22(29)16-9-3-2-4-10-16/h2-15H,1H3,(H,25,29)(H,27,31)/b24-15+. The Bertz CT molecular complexity index is 1290. The number of hydrogen-bond acceptors (Lipinski definition) is 5. The molecule has 1 amide bonds. The molecule has 1 heterocycles. The van der Waals surface area contributed by atoms with E-state index < -0.39 is 0 Å². The van der Waals surface area contributed by atoms with Gasteiger partial charge in [-0.15, -0.1) is 0 Å². The van der Waals surface area contributed by atoms with E-state index in [1.807, 2.05) is 66.7 Å². The van der Waals surface area contributed by atoms with Crippen LogP contribution in [0, 0.1) is 4.77 Å². The number of ether oxygens (including phenoxy) is 1. The minimum Gasteiger partial charge on any atom is -0.496 e. The number of aromatic nitrogens is 3. The second kappa shape index (κ2) is 9.19. The molecule has 0 atom stereocenters. The molecule has 8 heteroatoms. The van der Waals surface area contributed by atoms with Crippen molar-refractivity contribution in [2.45, 2.75) is 0 Å². The summed E-state index contributed by atoms with van der Waals surface area (Å²) in [6.45, 7) is 0. The molecule has 31 heavy (non-hydrogen) atoms. The molecule has 0 aliphatic rings. The average Bonchev–Trinajstić information content (AvgIpc) is 3.18. The number of benzene rings is 3. The van der Waals surface area contributed by atoms with Crippen molar-refractivity contribution in [3.63, 3.8) is 0 Å². The van der Waals surface area contributed by atoms with Crippen LogP contribution in [-0.2, 0) is 0 Å². The maximum atomic E-state index is 12.7. The van der Waals surface area contributed by atoms with E-state index in [1.165, 1.54) is 4.68 Å². The van der Waals surface area contributed by atoms with Gasteiger partial charge < -0.3 is 10.1 Å². The molecule has 154 valence electrons. The molecule has 1 aromatic heterocycles. The van der Waals surface area contributed by atoms with Crippen LogP contribution in [-0.4, -0.2) is 34.1 Å². The molecule has 0 spiro atoms. The number of rotatable bonds is 6. The fourth-order valence-electron chi connectivity index (χ4n) is 3.04. The molecular formula is C23H19N5O2S. The Labute approximate surface area is 184 Å². The molecule has 3 aromatic carbocycles. The number of para-hydroxylation sites is 2. The number of methoxy groups -OCH3 is 1. The third-order valence-corrected chi connectivity index (χ3v) is 4.82. The first-order chi connectivity index (χ1) is 15.2.